The number of para-hydroxylation sites is 1. The lowest BCUT2D eigenvalue weighted by atomic mass is 10.1. The third-order valence-corrected chi connectivity index (χ3v) is 8.00. The van der Waals surface area contributed by atoms with E-state index in [9.17, 15) is 9.59 Å². The molecular weight excluding hydrogens is 506 g/mol. The van der Waals surface area contributed by atoms with Crippen LogP contribution in [0, 0.1) is 13.8 Å². The molecule has 1 amide bonds. The number of anilines is 1. The maximum absolute atomic E-state index is 12.8. The van der Waals surface area contributed by atoms with E-state index in [1.807, 2.05) is 85.1 Å². The quantitative estimate of drug-likeness (QED) is 0.282. The van der Waals surface area contributed by atoms with Gasteiger partial charge in [-0.15, -0.1) is 10.2 Å². The molecule has 188 valence electrons. The fourth-order valence-corrected chi connectivity index (χ4v) is 5.66. The number of aromatic nitrogens is 4. The molecular formula is C27H25N5O3S2. The number of carbonyl (C=O) groups is 1. The lowest BCUT2D eigenvalue weighted by Crippen LogP contribution is -2.17. The molecule has 2 heterocycles. The van der Waals surface area contributed by atoms with E-state index in [0.29, 0.717) is 11.0 Å². The predicted octanol–water partition coefficient (Wildman–Crippen LogP) is 5.05. The number of thioether (sulfide) groups is 1. The molecule has 0 radical (unpaired) electrons. The van der Waals surface area contributed by atoms with E-state index in [1.54, 1.807) is 11.7 Å². The van der Waals surface area contributed by atoms with Crippen LogP contribution < -0.4 is 14.9 Å². The Morgan fingerprint density at radius 2 is 1.81 bits per heavy atom. The number of methoxy groups -OCH3 is 1. The number of aryl methyl sites for hydroxylation is 1. The van der Waals surface area contributed by atoms with E-state index in [0.717, 1.165) is 38.5 Å². The van der Waals surface area contributed by atoms with E-state index in [-0.39, 0.29) is 23.1 Å². The zero-order chi connectivity index (χ0) is 25.9. The number of nitrogens with zero attached hydrogens (tertiary/aromatic N) is 4. The normalized spacial score (nSPS) is 11.1. The molecule has 0 saturated heterocycles. The number of hydrogen-bond acceptors (Lipinski definition) is 7. The van der Waals surface area contributed by atoms with Crippen LogP contribution in [0.1, 0.15) is 17.0 Å². The van der Waals surface area contributed by atoms with Crippen molar-refractivity contribution in [2.24, 2.45) is 0 Å². The fourth-order valence-electron chi connectivity index (χ4n) is 3.99. The molecule has 0 unspecified atom stereocenters. The van der Waals surface area contributed by atoms with Gasteiger partial charge >= 0.3 is 4.87 Å². The van der Waals surface area contributed by atoms with Gasteiger partial charge in [0.25, 0.3) is 0 Å². The summed E-state index contributed by atoms with van der Waals surface area (Å²) in [7, 11) is 1.61. The first-order valence-corrected chi connectivity index (χ1v) is 13.4. The molecule has 3 aromatic carbocycles. The molecule has 0 aliphatic carbocycles. The number of fused-ring (bicyclic) bond motifs is 1. The number of carbonyl (C=O) groups excluding carboxylic acids is 1. The van der Waals surface area contributed by atoms with Gasteiger partial charge in [0.1, 0.15) is 5.75 Å². The van der Waals surface area contributed by atoms with Gasteiger partial charge in [-0.2, -0.15) is 0 Å². The highest BCUT2D eigenvalue weighted by atomic mass is 32.2. The number of ether oxygens (including phenoxy) is 1. The molecule has 37 heavy (non-hydrogen) atoms. The van der Waals surface area contributed by atoms with Crippen LogP contribution in [0.3, 0.4) is 0 Å². The Kier molecular flexibility index (Phi) is 7.11. The first-order chi connectivity index (χ1) is 17.9. The van der Waals surface area contributed by atoms with Crippen molar-refractivity contribution >= 4 is 44.9 Å². The number of rotatable bonds is 8. The monoisotopic (exact) mass is 531 g/mol. The number of nitrogens with one attached hydrogen (secondary N) is 1. The lowest BCUT2D eigenvalue weighted by molar-refractivity contribution is -0.113. The molecule has 0 spiro atoms. The largest absolute Gasteiger partial charge is 0.497 e. The minimum atomic E-state index is -0.135. The van der Waals surface area contributed by atoms with Crippen molar-refractivity contribution in [2.45, 2.75) is 25.5 Å². The summed E-state index contributed by atoms with van der Waals surface area (Å²) in [5.74, 6) is 1.33. The summed E-state index contributed by atoms with van der Waals surface area (Å²) in [4.78, 5) is 25.5. The van der Waals surface area contributed by atoms with Crippen LogP contribution in [0.25, 0.3) is 15.9 Å². The van der Waals surface area contributed by atoms with Gasteiger partial charge in [-0.1, -0.05) is 47.4 Å². The Morgan fingerprint density at radius 1 is 1.03 bits per heavy atom. The summed E-state index contributed by atoms with van der Waals surface area (Å²) in [6.45, 7) is 4.25. The maximum atomic E-state index is 12.8. The first kappa shape index (κ1) is 24.8. The summed E-state index contributed by atoms with van der Waals surface area (Å²) < 4.78 is 9.81. The van der Waals surface area contributed by atoms with Crippen LogP contribution in [-0.2, 0) is 11.3 Å². The highest BCUT2D eigenvalue weighted by Gasteiger charge is 2.19. The van der Waals surface area contributed by atoms with Crippen molar-refractivity contribution in [3.8, 4) is 11.4 Å². The van der Waals surface area contributed by atoms with E-state index in [2.05, 4.69) is 15.5 Å². The Bertz CT molecular complexity index is 1640. The maximum Gasteiger partial charge on any atom is 0.308 e. The Morgan fingerprint density at radius 3 is 2.59 bits per heavy atom. The molecule has 8 nitrogen and oxygen atoms in total. The molecule has 0 fully saturated rings. The van der Waals surface area contributed by atoms with Crippen LogP contribution in [0.2, 0.25) is 0 Å². The molecule has 10 heteroatoms. The number of thiazole rings is 1. The van der Waals surface area contributed by atoms with E-state index >= 15 is 0 Å². The van der Waals surface area contributed by atoms with Crippen molar-refractivity contribution in [3.63, 3.8) is 0 Å². The van der Waals surface area contributed by atoms with Crippen LogP contribution in [-0.4, -0.2) is 38.1 Å². The zero-order valence-electron chi connectivity index (χ0n) is 20.6. The minimum Gasteiger partial charge on any atom is -0.497 e. The van der Waals surface area contributed by atoms with E-state index < -0.39 is 0 Å². The molecule has 1 N–H and O–H groups in total. The summed E-state index contributed by atoms with van der Waals surface area (Å²) in [6.07, 6.45) is 0. The van der Waals surface area contributed by atoms with Gasteiger partial charge in [0.15, 0.2) is 11.0 Å². The Labute approximate surface area is 221 Å². The molecule has 5 rings (SSSR count). The van der Waals surface area contributed by atoms with Crippen LogP contribution in [0.5, 0.6) is 5.75 Å². The van der Waals surface area contributed by atoms with Gasteiger partial charge in [-0.25, -0.2) is 0 Å². The van der Waals surface area contributed by atoms with Gasteiger partial charge in [0.2, 0.25) is 5.91 Å². The van der Waals surface area contributed by atoms with Gasteiger partial charge in [-0.05, 0) is 67.4 Å². The second-order valence-corrected chi connectivity index (χ2v) is 10.4. The third kappa shape index (κ3) is 5.16. The molecule has 0 aliphatic rings. The summed E-state index contributed by atoms with van der Waals surface area (Å²) in [5.41, 5.74) is 4.62. The lowest BCUT2D eigenvalue weighted by Gasteiger charge is -2.12. The van der Waals surface area contributed by atoms with Gasteiger partial charge in [0, 0.05) is 11.4 Å². The number of hydrogen-bond donors (Lipinski definition) is 1. The fraction of sp³-hybridized carbons (Fsp3) is 0.185. The Balaban J connectivity index is 1.44. The van der Waals surface area contributed by atoms with Crippen LogP contribution >= 0.6 is 23.1 Å². The van der Waals surface area contributed by atoms with Crippen molar-refractivity contribution in [1.82, 2.24) is 19.3 Å². The molecule has 0 bridgehead atoms. The molecule has 0 saturated carbocycles. The number of amides is 1. The van der Waals surface area contributed by atoms with Crippen LogP contribution in [0.4, 0.5) is 5.69 Å². The molecule has 2 aromatic heterocycles. The van der Waals surface area contributed by atoms with Crippen molar-refractivity contribution < 1.29 is 9.53 Å². The van der Waals surface area contributed by atoms with Crippen molar-refractivity contribution in [1.29, 1.82) is 0 Å². The second kappa shape index (κ2) is 10.6. The van der Waals surface area contributed by atoms with Crippen molar-refractivity contribution in [2.75, 3.05) is 18.2 Å². The van der Waals surface area contributed by atoms with Gasteiger partial charge in [0.05, 0.1) is 29.6 Å². The highest BCUT2D eigenvalue weighted by Crippen LogP contribution is 2.26. The first-order valence-electron chi connectivity index (χ1n) is 11.6. The number of benzene rings is 3. The van der Waals surface area contributed by atoms with E-state index in [1.165, 1.54) is 23.1 Å². The average Bonchev–Trinajstić information content (AvgIpc) is 3.46. The topological polar surface area (TPSA) is 91.0 Å². The van der Waals surface area contributed by atoms with Crippen LogP contribution in [0.15, 0.2) is 76.7 Å². The summed E-state index contributed by atoms with van der Waals surface area (Å²) in [5, 5.41) is 12.4. The second-order valence-electron chi connectivity index (χ2n) is 8.44. The Hall–Kier alpha value is -3.89. The highest BCUT2D eigenvalue weighted by molar-refractivity contribution is 7.99. The third-order valence-electron chi connectivity index (χ3n) is 6.12. The minimum absolute atomic E-state index is 0.0624. The van der Waals surface area contributed by atoms with Crippen molar-refractivity contribution in [3.05, 3.63) is 93.3 Å². The SMILES string of the molecule is COc1ccc(-n2c(Cn3c(=O)sc4ccccc43)nnc2SCC(=O)Nc2cccc(C)c2C)cc1. The smallest absolute Gasteiger partial charge is 0.308 e. The molecule has 0 atom stereocenters. The van der Waals surface area contributed by atoms with E-state index in [4.69, 9.17) is 4.74 Å². The van der Waals surface area contributed by atoms with Gasteiger partial charge < -0.3 is 10.1 Å². The summed E-state index contributed by atoms with van der Waals surface area (Å²) in [6, 6.07) is 21.0. The standard InChI is InChI=1S/C27H25N5O3S2/c1-17-7-6-8-21(18(17)2)28-25(33)16-36-26-30-29-24(32(26)19-11-13-20(35-3)14-12-19)15-31-22-9-4-5-10-23(22)37-27(31)34/h4-14H,15-16H2,1-3H3,(H,28,33). The predicted molar refractivity (Wildman–Crippen MR) is 148 cm³/mol. The average molecular weight is 532 g/mol. The molecule has 5 aromatic rings. The molecule has 0 aliphatic heterocycles. The summed E-state index contributed by atoms with van der Waals surface area (Å²) >= 11 is 2.50. The zero-order valence-corrected chi connectivity index (χ0v) is 22.2. The van der Waals surface area contributed by atoms with Gasteiger partial charge in [-0.3, -0.25) is 18.7 Å².